The van der Waals surface area contributed by atoms with Gasteiger partial charge in [-0.1, -0.05) is 56.1 Å². The number of hydrogen-bond acceptors (Lipinski definition) is 4. The topological polar surface area (TPSA) is 80.9 Å². The van der Waals surface area contributed by atoms with E-state index >= 15 is 0 Å². The van der Waals surface area contributed by atoms with Crippen LogP contribution in [0, 0.1) is 23.2 Å². The van der Waals surface area contributed by atoms with Crippen molar-refractivity contribution < 1.29 is 20.4 Å². The molecule has 0 saturated heterocycles. The van der Waals surface area contributed by atoms with Crippen LogP contribution in [0.25, 0.3) is 0 Å². The Morgan fingerprint density at radius 3 is 2.45 bits per heavy atom. The number of fused-ring (bicyclic) bond motifs is 1. The van der Waals surface area contributed by atoms with Crippen LogP contribution in [-0.2, 0) is 0 Å². The van der Waals surface area contributed by atoms with Gasteiger partial charge in [0.15, 0.2) is 0 Å². The molecule has 0 aromatic rings. The van der Waals surface area contributed by atoms with Gasteiger partial charge in [-0.3, -0.25) is 0 Å². The Labute approximate surface area is 201 Å². The molecule has 0 aromatic carbocycles. The fourth-order valence-corrected chi connectivity index (χ4v) is 7.17. The van der Waals surface area contributed by atoms with Crippen molar-refractivity contribution in [2.75, 3.05) is 6.61 Å². The predicted octanol–water partition coefficient (Wildman–Crippen LogP) is 5.46. The van der Waals surface area contributed by atoms with E-state index in [1.54, 1.807) is 11.6 Å². The molecule has 3 fully saturated rings. The number of aliphatic hydroxyl groups is 4. The summed E-state index contributed by atoms with van der Waals surface area (Å²) in [5, 5.41) is 40.1. The van der Waals surface area contributed by atoms with Gasteiger partial charge in [0.05, 0.1) is 17.8 Å². The van der Waals surface area contributed by atoms with Gasteiger partial charge in [-0.2, -0.15) is 0 Å². The number of allylic oxidation sites excluding steroid dienone is 3. The molecule has 4 heteroatoms. The summed E-state index contributed by atoms with van der Waals surface area (Å²) in [5.41, 5.74) is 3.14. The van der Waals surface area contributed by atoms with Crippen LogP contribution >= 0.6 is 0 Å². The third-order valence-electron chi connectivity index (χ3n) is 8.90. The molecule has 6 atom stereocenters. The summed E-state index contributed by atoms with van der Waals surface area (Å²) in [4.78, 5) is 0. The van der Waals surface area contributed by atoms with Gasteiger partial charge >= 0.3 is 0 Å². The molecule has 3 aliphatic rings. The predicted molar refractivity (Wildman–Crippen MR) is 135 cm³/mol. The third-order valence-corrected chi connectivity index (χ3v) is 8.90. The Bertz CT molecular complexity index is 727. The molecule has 3 saturated carbocycles. The highest BCUT2D eigenvalue weighted by Gasteiger charge is 2.50. The molecular formula is C29H48O4. The van der Waals surface area contributed by atoms with E-state index in [2.05, 4.69) is 26.0 Å². The molecule has 0 aromatic heterocycles. The van der Waals surface area contributed by atoms with Crippen LogP contribution in [0.2, 0.25) is 0 Å². The van der Waals surface area contributed by atoms with Gasteiger partial charge in [-0.05, 0) is 100 Å². The van der Waals surface area contributed by atoms with E-state index in [0.717, 1.165) is 30.8 Å². The first-order chi connectivity index (χ1) is 15.5. The zero-order valence-corrected chi connectivity index (χ0v) is 21.4. The van der Waals surface area contributed by atoms with Crippen LogP contribution in [-0.4, -0.2) is 44.8 Å². The quantitative estimate of drug-likeness (QED) is 0.363. The second kappa shape index (κ2) is 11.2. The molecule has 0 unspecified atom stereocenters. The Morgan fingerprint density at radius 2 is 1.82 bits per heavy atom. The van der Waals surface area contributed by atoms with Crippen molar-refractivity contribution in [1.29, 1.82) is 0 Å². The Balaban J connectivity index is 1.66. The number of aliphatic hydroxyl groups excluding tert-OH is 3. The molecular weight excluding hydrogens is 412 g/mol. The minimum absolute atomic E-state index is 0.0386. The summed E-state index contributed by atoms with van der Waals surface area (Å²) in [6.07, 6.45) is 16.1. The van der Waals surface area contributed by atoms with Crippen molar-refractivity contribution in [3.05, 3.63) is 34.9 Å². The largest absolute Gasteiger partial charge is 0.396 e. The Kier molecular flexibility index (Phi) is 9.05. The minimum atomic E-state index is -0.651. The lowest BCUT2D eigenvalue weighted by Gasteiger charge is -2.44. The minimum Gasteiger partial charge on any atom is -0.396 e. The first kappa shape index (κ1) is 26.7. The van der Waals surface area contributed by atoms with Gasteiger partial charge in [0.2, 0.25) is 0 Å². The molecule has 0 amide bonds. The van der Waals surface area contributed by atoms with Crippen LogP contribution in [0.1, 0.15) is 98.3 Å². The van der Waals surface area contributed by atoms with Crippen molar-refractivity contribution >= 4 is 0 Å². The molecule has 3 aliphatic carbocycles. The fraction of sp³-hybridized carbons (Fsp3) is 0.793. The van der Waals surface area contributed by atoms with E-state index in [1.165, 1.54) is 32.1 Å². The third kappa shape index (κ3) is 6.60. The smallest absolute Gasteiger partial charge is 0.0812 e. The SMILES string of the molecule is C[C@@H](CCCC(C)(C)O)[C@H]1CC[C@H]2/C(=C/C=C3C[C@@H](O)C(=CCCO)[C@H](O)C3)CCC[C@]12C. The van der Waals surface area contributed by atoms with E-state index in [1.807, 2.05) is 13.8 Å². The molecule has 3 rings (SSSR count). The molecule has 0 bridgehead atoms. The van der Waals surface area contributed by atoms with Crippen LogP contribution in [0.3, 0.4) is 0 Å². The van der Waals surface area contributed by atoms with Crippen LogP contribution in [0.5, 0.6) is 0 Å². The summed E-state index contributed by atoms with van der Waals surface area (Å²) < 4.78 is 0. The van der Waals surface area contributed by atoms with Gasteiger partial charge in [-0.25, -0.2) is 0 Å². The molecule has 0 heterocycles. The Morgan fingerprint density at radius 1 is 1.12 bits per heavy atom. The zero-order chi connectivity index (χ0) is 24.2. The van der Waals surface area contributed by atoms with Gasteiger partial charge < -0.3 is 20.4 Å². The van der Waals surface area contributed by atoms with E-state index in [4.69, 9.17) is 5.11 Å². The first-order valence-electron chi connectivity index (χ1n) is 13.3. The van der Waals surface area contributed by atoms with Crippen molar-refractivity contribution in [2.24, 2.45) is 23.2 Å². The van der Waals surface area contributed by atoms with E-state index in [9.17, 15) is 15.3 Å². The molecule has 0 spiro atoms. The molecule has 188 valence electrons. The lowest BCUT2D eigenvalue weighted by Crippen LogP contribution is -2.36. The normalized spacial score (nSPS) is 35.0. The Hall–Kier alpha value is -0.940. The van der Waals surface area contributed by atoms with Crippen LogP contribution in [0.4, 0.5) is 0 Å². The van der Waals surface area contributed by atoms with Gasteiger partial charge in [-0.15, -0.1) is 0 Å². The van der Waals surface area contributed by atoms with Crippen molar-refractivity contribution in [2.45, 2.75) is 116 Å². The second-order valence-electron chi connectivity index (χ2n) is 12.0. The van der Waals surface area contributed by atoms with Crippen molar-refractivity contribution in [3.8, 4) is 0 Å². The lowest BCUT2D eigenvalue weighted by molar-refractivity contribution is 0.0596. The molecule has 0 aliphatic heterocycles. The second-order valence-corrected chi connectivity index (χ2v) is 12.0. The summed E-state index contributed by atoms with van der Waals surface area (Å²) >= 11 is 0. The number of rotatable bonds is 8. The van der Waals surface area contributed by atoms with Gasteiger partial charge in [0.25, 0.3) is 0 Å². The van der Waals surface area contributed by atoms with Crippen molar-refractivity contribution in [3.63, 3.8) is 0 Å². The van der Waals surface area contributed by atoms with Gasteiger partial charge in [0, 0.05) is 6.61 Å². The number of hydrogen-bond donors (Lipinski definition) is 4. The van der Waals surface area contributed by atoms with E-state index < -0.39 is 17.8 Å². The molecule has 4 nitrogen and oxygen atoms in total. The van der Waals surface area contributed by atoms with Gasteiger partial charge in [0.1, 0.15) is 0 Å². The highest BCUT2D eigenvalue weighted by Crippen LogP contribution is 2.60. The maximum atomic E-state index is 10.5. The standard InChI is InChI=1S/C29H48O4/c1-20(8-5-15-28(2,3)33)24-13-14-25-22(9-6-16-29(24,25)4)12-11-21-18-26(31)23(10-7-17-30)27(32)19-21/h10-12,20,24-27,30-33H,5-9,13-19H2,1-4H3/b21-11?,22-12+,23-10?/t20-,24+,25-,26+,27+,29+/m0/s1. The summed E-state index contributed by atoms with van der Waals surface area (Å²) in [7, 11) is 0. The zero-order valence-electron chi connectivity index (χ0n) is 21.4. The first-order valence-corrected chi connectivity index (χ1v) is 13.3. The highest BCUT2D eigenvalue weighted by molar-refractivity contribution is 5.30. The van der Waals surface area contributed by atoms with E-state index in [0.29, 0.717) is 42.1 Å². The van der Waals surface area contributed by atoms with Crippen molar-refractivity contribution in [1.82, 2.24) is 0 Å². The fourth-order valence-electron chi connectivity index (χ4n) is 7.17. The maximum Gasteiger partial charge on any atom is 0.0812 e. The summed E-state index contributed by atoms with van der Waals surface area (Å²) in [6.45, 7) is 8.81. The maximum absolute atomic E-state index is 10.5. The molecule has 4 N–H and O–H groups in total. The van der Waals surface area contributed by atoms with E-state index in [-0.39, 0.29) is 6.61 Å². The molecule has 0 radical (unpaired) electrons. The molecule has 33 heavy (non-hydrogen) atoms. The van der Waals surface area contributed by atoms with Crippen LogP contribution in [0.15, 0.2) is 34.9 Å². The summed E-state index contributed by atoms with van der Waals surface area (Å²) in [5.74, 6) is 2.08. The average Bonchev–Trinajstić information content (AvgIpc) is 3.08. The summed E-state index contributed by atoms with van der Waals surface area (Å²) in [6, 6.07) is 0. The lowest BCUT2D eigenvalue weighted by atomic mass is 9.60. The average molecular weight is 461 g/mol. The van der Waals surface area contributed by atoms with Crippen LogP contribution < -0.4 is 0 Å². The monoisotopic (exact) mass is 460 g/mol. The highest BCUT2D eigenvalue weighted by atomic mass is 16.3.